The summed E-state index contributed by atoms with van der Waals surface area (Å²) >= 11 is 5.61. The van der Waals surface area contributed by atoms with Gasteiger partial charge in [0.2, 0.25) is 0 Å². The van der Waals surface area contributed by atoms with Gasteiger partial charge in [0.25, 0.3) is 0 Å². The van der Waals surface area contributed by atoms with Crippen LogP contribution < -0.4 is 9.61 Å². The Bertz CT molecular complexity index is 371. The van der Waals surface area contributed by atoms with Crippen molar-refractivity contribution in [2.75, 3.05) is 0 Å². The maximum atomic E-state index is 11.6. The van der Waals surface area contributed by atoms with E-state index in [1.54, 1.807) is 30.3 Å². The largest absolute Gasteiger partial charge is 0.422 e. The van der Waals surface area contributed by atoms with Crippen LogP contribution in [0.5, 0.6) is 5.75 Å². The van der Waals surface area contributed by atoms with E-state index < -0.39 is 12.9 Å². The predicted octanol–water partition coefficient (Wildman–Crippen LogP) is 2.59. The van der Waals surface area contributed by atoms with E-state index in [1.807, 2.05) is 0 Å². The van der Waals surface area contributed by atoms with Crippen LogP contribution >= 0.6 is 18.1 Å². The number of para-hydroxylation sites is 1. The molecule has 0 aliphatic carbocycles. The van der Waals surface area contributed by atoms with Crippen LogP contribution in [-0.2, 0) is 9.36 Å². The van der Waals surface area contributed by atoms with Crippen LogP contribution in [0.25, 0.3) is 0 Å². The first-order valence-electron chi connectivity index (χ1n) is 4.31. The van der Waals surface area contributed by atoms with Gasteiger partial charge in [0.1, 0.15) is 12.0 Å². The van der Waals surface area contributed by atoms with Gasteiger partial charge in [0.05, 0.1) is 6.04 Å². The Kier molecular flexibility index (Phi) is 4.33. The zero-order chi connectivity index (χ0) is 11.3. The van der Waals surface area contributed by atoms with Crippen molar-refractivity contribution in [1.82, 2.24) is 5.09 Å². The maximum Gasteiger partial charge on any atom is 0.409 e. The van der Waals surface area contributed by atoms with Crippen LogP contribution in [0.4, 0.5) is 0 Å². The Balaban J connectivity index is 2.64. The fourth-order valence-electron chi connectivity index (χ4n) is 0.917. The molecule has 1 aromatic carbocycles. The molecule has 2 atom stereocenters. The van der Waals surface area contributed by atoms with E-state index in [9.17, 15) is 9.36 Å². The second-order valence-corrected chi connectivity index (χ2v) is 5.67. The van der Waals surface area contributed by atoms with Gasteiger partial charge in [-0.3, -0.25) is 0 Å². The molecule has 4 nitrogen and oxygen atoms in total. The molecule has 0 radical (unpaired) electrons. The van der Waals surface area contributed by atoms with E-state index in [2.05, 4.69) is 5.09 Å². The normalized spacial score (nSPS) is 16.4. The second-order valence-electron chi connectivity index (χ2n) is 2.94. The second kappa shape index (κ2) is 5.31. The summed E-state index contributed by atoms with van der Waals surface area (Å²) in [6, 6.07) is 7.90. The molecular formula is C9H11ClNO3P. The third kappa shape index (κ3) is 4.47. The predicted molar refractivity (Wildman–Crippen MR) is 59.2 cm³/mol. The van der Waals surface area contributed by atoms with Gasteiger partial charge in [-0.1, -0.05) is 18.2 Å². The molecule has 1 N–H and O–H groups in total. The van der Waals surface area contributed by atoms with Crippen LogP contribution in [-0.4, -0.2) is 12.3 Å². The molecule has 0 aliphatic heterocycles. The molecule has 0 saturated heterocycles. The zero-order valence-corrected chi connectivity index (χ0v) is 9.74. The number of benzene rings is 1. The topological polar surface area (TPSA) is 55.4 Å². The molecule has 0 aromatic heterocycles. The Morgan fingerprint density at radius 3 is 2.60 bits per heavy atom. The monoisotopic (exact) mass is 247 g/mol. The summed E-state index contributed by atoms with van der Waals surface area (Å²) in [5.74, 6) is 0.390. The fourth-order valence-corrected chi connectivity index (χ4v) is 2.61. The lowest BCUT2D eigenvalue weighted by Gasteiger charge is -2.15. The summed E-state index contributed by atoms with van der Waals surface area (Å²) < 4.78 is 16.7. The Labute approximate surface area is 92.9 Å². The smallest absolute Gasteiger partial charge is 0.409 e. The van der Waals surface area contributed by atoms with Crippen molar-refractivity contribution in [3.8, 4) is 5.75 Å². The highest BCUT2D eigenvalue weighted by Gasteiger charge is 2.23. The van der Waals surface area contributed by atoms with E-state index in [0.29, 0.717) is 12.0 Å². The van der Waals surface area contributed by atoms with Crippen molar-refractivity contribution < 1.29 is 13.9 Å². The zero-order valence-electron chi connectivity index (χ0n) is 8.09. The Morgan fingerprint density at radius 2 is 2.07 bits per heavy atom. The van der Waals surface area contributed by atoms with Gasteiger partial charge in [-0.25, -0.2) is 9.65 Å². The third-order valence-corrected chi connectivity index (χ3v) is 3.19. The highest BCUT2D eigenvalue weighted by molar-refractivity contribution is 7.84. The van der Waals surface area contributed by atoms with Crippen molar-refractivity contribution in [1.29, 1.82) is 0 Å². The van der Waals surface area contributed by atoms with Gasteiger partial charge >= 0.3 is 6.87 Å². The SMILES string of the molecule is C[C@@H](C=O)NP(=O)(Cl)Oc1ccccc1. The minimum absolute atomic E-state index is 0.390. The molecule has 0 spiro atoms. The number of halogens is 1. The molecule has 82 valence electrons. The van der Waals surface area contributed by atoms with Crippen LogP contribution in [0, 0.1) is 0 Å². The number of rotatable bonds is 5. The molecule has 0 fully saturated rings. The standard InChI is InChI=1S/C9H11ClNO3P/c1-8(7-12)11-15(10,13)14-9-5-3-2-4-6-9/h2-8H,1H3,(H,11,13)/t8-,15?/m0/s1. The highest BCUT2D eigenvalue weighted by atomic mass is 35.7. The van der Waals surface area contributed by atoms with Crippen LogP contribution in [0.1, 0.15) is 6.92 Å². The molecule has 0 aliphatic rings. The van der Waals surface area contributed by atoms with Crippen molar-refractivity contribution in [3.05, 3.63) is 30.3 Å². The van der Waals surface area contributed by atoms with Crippen molar-refractivity contribution in [2.45, 2.75) is 13.0 Å². The van der Waals surface area contributed by atoms with Crippen molar-refractivity contribution in [3.63, 3.8) is 0 Å². The Morgan fingerprint density at radius 1 is 1.47 bits per heavy atom. The lowest BCUT2D eigenvalue weighted by Crippen LogP contribution is -2.24. The van der Waals surface area contributed by atoms with Crippen LogP contribution in [0.3, 0.4) is 0 Å². The molecule has 1 unspecified atom stereocenters. The first-order chi connectivity index (χ1) is 7.03. The summed E-state index contributed by atoms with van der Waals surface area (Å²) in [6.45, 7) is -1.96. The minimum atomic E-state index is -3.50. The summed E-state index contributed by atoms with van der Waals surface area (Å²) in [5, 5.41) is 2.39. The van der Waals surface area contributed by atoms with Crippen molar-refractivity contribution in [2.24, 2.45) is 0 Å². The number of hydrogen-bond acceptors (Lipinski definition) is 3. The molecule has 0 bridgehead atoms. The molecule has 15 heavy (non-hydrogen) atoms. The first kappa shape index (κ1) is 12.2. The van der Waals surface area contributed by atoms with E-state index in [0.717, 1.165) is 0 Å². The van der Waals surface area contributed by atoms with Gasteiger partial charge in [-0.2, -0.15) is 0 Å². The van der Waals surface area contributed by atoms with Gasteiger partial charge in [0, 0.05) is 11.2 Å². The molecular weight excluding hydrogens is 237 g/mol. The fraction of sp³-hybridized carbons (Fsp3) is 0.222. The summed E-state index contributed by atoms with van der Waals surface area (Å²) in [6.07, 6.45) is 0.601. The quantitative estimate of drug-likeness (QED) is 0.642. The van der Waals surface area contributed by atoms with E-state index in [1.165, 1.54) is 6.92 Å². The Hall–Kier alpha value is -0.830. The summed E-state index contributed by atoms with van der Waals surface area (Å²) in [7, 11) is 0. The number of nitrogens with one attached hydrogen (secondary N) is 1. The lowest BCUT2D eigenvalue weighted by molar-refractivity contribution is -0.108. The van der Waals surface area contributed by atoms with E-state index in [-0.39, 0.29) is 0 Å². The number of carbonyl (C=O) groups is 1. The molecule has 0 heterocycles. The lowest BCUT2D eigenvalue weighted by atomic mass is 10.3. The first-order valence-corrected chi connectivity index (χ1v) is 6.84. The third-order valence-electron chi connectivity index (χ3n) is 1.53. The average molecular weight is 248 g/mol. The number of hydrogen-bond donors (Lipinski definition) is 1. The maximum absolute atomic E-state index is 11.6. The summed E-state index contributed by atoms with van der Waals surface area (Å²) in [5.41, 5.74) is 0. The molecule has 0 amide bonds. The van der Waals surface area contributed by atoms with E-state index in [4.69, 9.17) is 15.8 Å². The van der Waals surface area contributed by atoms with Gasteiger partial charge in [-0.15, -0.1) is 0 Å². The van der Waals surface area contributed by atoms with E-state index >= 15 is 0 Å². The average Bonchev–Trinajstić information content (AvgIpc) is 2.17. The minimum Gasteiger partial charge on any atom is -0.422 e. The van der Waals surface area contributed by atoms with Crippen LogP contribution in [0.15, 0.2) is 30.3 Å². The molecule has 1 aromatic rings. The van der Waals surface area contributed by atoms with Gasteiger partial charge < -0.3 is 9.32 Å². The number of carbonyl (C=O) groups excluding carboxylic acids is 1. The molecule has 6 heteroatoms. The highest BCUT2D eigenvalue weighted by Crippen LogP contribution is 2.48. The molecule has 1 rings (SSSR count). The molecule has 0 saturated carbocycles. The van der Waals surface area contributed by atoms with Gasteiger partial charge in [0.15, 0.2) is 0 Å². The number of aldehydes is 1. The summed E-state index contributed by atoms with van der Waals surface area (Å²) in [4.78, 5) is 10.3. The van der Waals surface area contributed by atoms with Crippen LogP contribution in [0.2, 0.25) is 0 Å². The van der Waals surface area contributed by atoms with Crippen molar-refractivity contribution >= 4 is 24.4 Å². The van der Waals surface area contributed by atoms with Gasteiger partial charge in [-0.05, 0) is 19.1 Å².